The predicted molar refractivity (Wildman–Crippen MR) is 212 cm³/mol. The van der Waals surface area contributed by atoms with Crippen LogP contribution in [0.2, 0.25) is 0 Å². The second kappa shape index (κ2) is 20.9. The van der Waals surface area contributed by atoms with Crippen LogP contribution in [0.5, 0.6) is 11.5 Å². The standard InChI is InChI=1S/C47H64O2/c1-5-9-11-13-15-17-19-25-36-31-40(46(48)44(33-36)42-29-23-21-27-38(42)7-3)35-41-32-37(26-20-18-16-14-12-10-6-2)34-45(47(41)49)43-30-24-22-28-39(43)8-4/h21-24,27-34,48-49H,5-20,25-26,35H2,1-4H3. The molecule has 49 heavy (non-hydrogen) atoms. The first-order chi connectivity index (χ1) is 24.0. The second-order valence-corrected chi connectivity index (χ2v) is 14.2. The Bertz CT molecular complexity index is 1450. The van der Waals surface area contributed by atoms with Crippen LogP contribution in [0, 0.1) is 0 Å². The summed E-state index contributed by atoms with van der Waals surface area (Å²) in [5.74, 6) is 0.688. The minimum atomic E-state index is 0.344. The zero-order valence-corrected chi connectivity index (χ0v) is 31.3. The van der Waals surface area contributed by atoms with Crippen molar-refractivity contribution >= 4 is 0 Å². The summed E-state index contributed by atoms with van der Waals surface area (Å²) in [6.45, 7) is 8.91. The van der Waals surface area contributed by atoms with Crippen LogP contribution in [0.1, 0.15) is 151 Å². The van der Waals surface area contributed by atoms with Crippen LogP contribution < -0.4 is 0 Å². The van der Waals surface area contributed by atoms with Crippen LogP contribution in [-0.4, -0.2) is 10.2 Å². The van der Waals surface area contributed by atoms with Gasteiger partial charge in [0.1, 0.15) is 11.5 Å². The lowest BCUT2D eigenvalue weighted by Gasteiger charge is -2.19. The summed E-state index contributed by atoms with van der Waals surface area (Å²) in [5.41, 5.74) is 10.9. The molecule has 0 radical (unpaired) electrons. The number of aryl methyl sites for hydroxylation is 4. The molecule has 2 heteroatoms. The van der Waals surface area contributed by atoms with Crippen LogP contribution in [0.15, 0.2) is 72.8 Å². The van der Waals surface area contributed by atoms with Gasteiger partial charge in [0.15, 0.2) is 0 Å². The Morgan fingerprint density at radius 2 is 0.755 bits per heavy atom. The molecule has 2 nitrogen and oxygen atoms in total. The Kier molecular flexibility index (Phi) is 16.3. The first-order valence-corrected chi connectivity index (χ1v) is 19.9. The van der Waals surface area contributed by atoms with E-state index >= 15 is 0 Å². The van der Waals surface area contributed by atoms with Crippen molar-refractivity contribution in [1.82, 2.24) is 0 Å². The van der Waals surface area contributed by atoms with Gasteiger partial charge in [0.05, 0.1) is 0 Å². The van der Waals surface area contributed by atoms with Crippen molar-refractivity contribution in [3.05, 3.63) is 106 Å². The third-order valence-corrected chi connectivity index (χ3v) is 10.4. The molecule has 0 aromatic heterocycles. The van der Waals surface area contributed by atoms with E-state index in [2.05, 4.69) is 100 Å². The summed E-state index contributed by atoms with van der Waals surface area (Å²) in [7, 11) is 0. The van der Waals surface area contributed by atoms with Crippen LogP contribution in [0.3, 0.4) is 0 Å². The van der Waals surface area contributed by atoms with Crippen LogP contribution in [0.4, 0.5) is 0 Å². The number of unbranched alkanes of at least 4 members (excludes halogenated alkanes) is 12. The molecule has 0 saturated carbocycles. The number of phenols is 2. The van der Waals surface area contributed by atoms with Gasteiger partial charge in [0.25, 0.3) is 0 Å². The minimum Gasteiger partial charge on any atom is -0.507 e. The molecule has 0 atom stereocenters. The third kappa shape index (κ3) is 11.2. The lowest BCUT2D eigenvalue weighted by molar-refractivity contribution is 0.464. The molecule has 264 valence electrons. The number of hydrogen-bond acceptors (Lipinski definition) is 2. The van der Waals surface area contributed by atoms with E-state index in [4.69, 9.17) is 0 Å². The highest BCUT2D eigenvalue weighted by molar-refractivity contribution is 5.78. The molecule has 0 fully saturated rings. The Morgan fingerprint density at radius 1 is 0.388 bits per heavy atom. The first-order valence-electron chi connectivity index (χ1n) is 19.9. The van der Waals surface area contributed by atoms with Gasteiger partial charge < -0.3 is 10.2 Å². The van der Waals surface area contributed by atoms with Gasteiger partial charge in [-0.3, -0.25) is 0 Å². The third-order valence-electron chi connectivity index (χ3n) is 10.4. The quantitative estimate of drug-likeness (QED) is 0.0824. The van der Waals surface area contributed by atoms with E-state index in [9.17, 15) is 10.2 Å². The summed E-state index contributed by atoms with van der Waals surface area (Å²) in [5, 5.41) is 23.9. The van der Waals surface area contributed by atoms with E-state index in [-0.39, 0.29) is 0 Å². The Morgan fingerprint density at radius 3 is 1.14 bits per heavy atom. The van der Waals surface area contributed by atoms with E-state index in [1.54, 1.807) is 0 Å². The molecule has 0 unspecified atom stereocenters. The average molecular weight is 661 g/mol. The molecule has 0 heterocycles. The lowest BCUT2D eigenvalue weighted by atomic mass is 9.88. The molecule has 2 N–H and O–H groups in total. The molecular formula is C47H64O2. The topological polar surface area (TPSA) is 40.5 Å². The van der Waals surface area contributed by atoms with Crippen molar-refractivity contribution in [3.63, 3.8) is 0 Å². The van der Waals surface area contributed by atoms with Gasteiger partial charge in [-0.2, -0.15) is 0 Å². The maximum atomic E-state index is 11.9. The maximum Gasteiger partial charge on any atom is 0.126 e. The predicted octanol–water partition coefficient (Wildman–Crippen LogP) is 13.7. The zero-order chi connectivity index (χ0) is 34.8. The summed E-state index contributed by atoms with van der Waals surface area (Å²) >= 11 is 0. The molecule has 4 aromatic rings. The fourth-order valence-electron chi connectivity index (χ4n) is 7.45. The van der Waals surface area contributed by atoms with Gasteiger partial charge in [-0.1, -0.05) is 165 Å². The molecular weight excluding hydrogens is 597 g/mol. The monoisotopic (exact) mass is 660 g/mol. The van der Waals surface area contributed by atoms with Crippen molar-refractivity contribution < 1.29 is 10.2 Å². The normalized spacial score (nSPS) is 11.3. The number of aromatic hydroxyl groups is 2. The van der Waals surface area contributed by atoms with E-state index in [1.807, 2.05) is 0 Å². The van der Waals surface area contributed by atoms with Gasteiger partial charge in [-0.05, 0) is 95.2 Å². The Balaban J connectivity index is 1.69. The highest BCUT2D eigenvalue weighted by Gasteiger charge is 2.19. The molecule has 0 bridgehead atoms. The van der Waals surface area contributed by atoms with E-state index in [0.29, 0.717) is 17.9 Å². The van der Waals surface area contributed by atoms with E-state index in [0.717, 1.165) is 71.9 Å². The van der Waals surface area contributed by atoms with Gasteiger partial charge in [-0.25, -0.2) is 0 Å². The molecule has 0 spiro atoms. The molecule has 0 aliphatic heterocycles. The first kappa shape index (κ1) is 38.3. The summed E-state index contributed by atoms with van der Waals surface area (Å²) in [6.07, 6.45) is 22.2. The molecule has 0 aliphatic rings. The van der Waals surface area contributed by atoms with Gasteiger partial charge in [0, 0.05) is 17.5 Å². The van der Waals surface area contributed by atoms with Crippen LogP contribution in [-0.2, 0) is 32.1 Å². The van der Waals surface area contributed by atoms with E-state index in [1.165, 1.54) is 99.3 Å². The largest absolute Gasteiger partial charge is 0.507 e. The van der Waals surface area contributed by atoms with Gasteiger partial charge in [-0.15, -0.1) is 0 Å². The SMILES string of the molecule is CCCCCCCCCc1cc(Cc2cc(CCCCCCCCC)cc(-c3ccccc3CC)c2O)c(O)c(-c2ccccc2CC)c1. The lowest BCUT2D eigenvalue weighted by Crippen LogP contribution is -2.00. The van der Waals surface area contributed by atoms with Crippen molar-refractivity contribution in [1.29, 1.82) is 0 Å². The average Bonchev–Trinajstić information content (AvgIpc) is 3.13. The van der Waals surface area contributed by atoms with E-state index < -0.39 is 0 Å². The number of phenolic OH excluding ortho intramolecular Hbond substituents is 2. The molecule has 0 saturated heterocycles. The summed E-state index contributed by atoms with van der Waals surface area (Å²) in [4.78, 5) is 0. The molecule has 4 aromatic carbocycles. The van der Waals surface area contributed by atoms with Crippen LogP contribution in [0.25, 0.3) is 22.3 Å². The minimum absolute atomic E-state index is 0.344. The Hall–Kier alpha value is -3.52. The smallest absolute Gasteiger partial charge is 0.126 e. The fourth-order valence-corrected chi connectivity index (χ4v) is 7.45. The number of hydrogen-bond donors (Lipinski definition) is 2. The second-order valence-electron chi connectivity index (χ2n) is 14.2. The molecule has 4 rings (SSSR count). The van der Waals surface area contributed by atoms with Crippen LogP contribution >= 0.6 is 0 Å². The van der Waals surface area contributed by atoms with Crippen molar-refractivity contribution in [2.75, 3.05) is 0 Å². The molecule has 0 amide bonds. The summed E-state index contributed by atoms with van der Waals surface area (Å²) in [6, 6.07) is 25.9. The summed E-state index contributed by atoms with van der Waals surface area (Å²) < 4.78 is 0. The zero-order valence-electron chi connectivity index (χ0n) is 31.3. The fraction of sp³-hybridized carbons (Fsp3) is 0.489. The number of benzene rings is 4. The number of rotatable bonds is 22. The maximum absolute atomic E-state index is 11.9. The van der Waals surface area contributed by atoms with Gasteiger partial charge in [0.2, 0.25) is 0 Å². The van der Waals surface area contributed by atoms with Crippen molar-refractivity contribution in [3.8, 4) is 33.8 Å². The van der Waals surface area contributed by atoms with Crippen molar-refractivity contribution in [2.24, 2.45) is 0 Å². The van der Waals surface area contributed by atoms with Gasteiger partial charge >= 0.3 is 0 Å². The highest BCUT2D eigenvalue weighted by Crippen LogP contribution is 2.41. The highest BCUT2D eigenvalue weighted by atomic mass is 16.3. The molecule has 0 aliphatic carbocycles. The van der Waals surface area contributed by atoms with Crippen molar-refractivity contribution in [2.45, 2.75) is 150 Å². The Labute approximate surface area is 299 Å².